The summed E-state index contributed by atoms with van der Waals surface area (Å²) in [5, 5.41) is 0. The van der Waals surface area contributed by atoms with Crippen molar-refractivity contribution in [3.8, 4) is 0 Å². The average molecular weight is 243 g/mol. The third-order valence-corrected chi connectivity index (χ3v) is 2.62. The zero-order valence-electron chi connectivity index (χ0n) is 9.69. The van der Waals surface area contributed by atoms with Gasteiger partial charge in [-0.25, -0.2) is 9.97 Å². The molecule has 18 heavy (non-hydrogen) atoms. The quantitative estimate of drug-likeness (QED) is 0.805. The Morgan fingerprint density at radius 2 is 2.11 bits per heavy atom. The number of nitrogens with zero attached hydrogens (tertiary/aromatic N) is 2. The molecule has 92 valence electrons. The van der Waals surface area contributed by atoms with E-state index in [0.29, 0.717) is 18.7 Å². The molecule has 0 saturated heterocycles. The fourth-order valence-corrected chi connectivity index (χ4v) is 1.70. The maximum Gasteiger partial charge on any atom is 0.293 e. The van der Waals surface area contributed by atoms with Crippen molar-refractivity contribution in [1.29, 1.82) is 0 Å². The maximum atomic E-state index is 10.6. The molecule has 0 bridgehead atoms. The van der Waals surface area contributed by atoms with Crippen LogP contribution in [-0.2, 0) is 16.0 Å². The van der Waals surface area contributed by atoms with Gasteiger partial charge in [-0.3, -0.25) is 4.79 Å². The molecule has 5 nitrogen and oxygen atoms in total. The topological polar surface area (TPSA) is 78.1 Å². The number of carbonyl (C=O) groups excluding carboxylic acids is 1. The van der Waals surface area contributed by atoms with Crippen molar-refractivity contribution in [2.45, 2.75) is 12.5 Å². The van der Waals surface area contributed by atoms with Crippen molar-refractivity contribution in [2.24, 2.45) is 0 Å². The van der Waals surface area contributed by atoms with Gasteiger partial charge < -0.3 is 10.5 Å². The minimum Gasteiger partial charge on any atom is -0.459 e. The minimum absolute atomic E-state index is 0.378. The van der Waals surface area contributed by atoms with Crippen LogP contribution in [0.3, 0.4) is 0 Å². The van der Waals surface area contributed by atoms with Gasteiger partial charge in [-0.05, 0) is 5.56 Å². The first kappa shape index (κ1) is 12.0. The smallest absolute Gasteiger partial charge is 0.293 e. The number of rotatable bonds is 5. The molecule has 0 aliphatic rings. The van der Waals surface area contributed by atoms with E-state index in [1.807, 2.05) is 30.3 Å². The van der Waals surface area contributed by atoms with Crippen LogP contribution >= 0.6 is 0 Å². The number of carbonyl (C=O) groups is 1. The van der Waals surface area contributed by atoms with E-state index in [1.54, 1.807) is 6.20 Å². The summed E-state index contributed by atoms with van der Waals surface area (Å²) in [6.07, 6.45) is 3.09. The standard InChI is InChI=1S/C13H13N3O2/c14-13-11(7-15-8-16-13)6-12(18-9-17)10-4-2-1-3-5-10/h1-5,7-9,12H,6H2,(H2,14,15,16). The van der Waals surface area contributed by atoms with E-state index in [0.717, 1.165) is 11.1 Å². The first-order valence-electron chi connectivity index (χ1n) is 5.49. The Morgan fingerprint density at radius 1 is 1.33 bits per heavy atom. The molecule has 2 rings (SSSR count). The lowest BCUT2D eigenvalue weighted by atomic mass is 10.0. The lowest BCUT2D eigenvalue weighted by Crippen LogP contribution is -2.09. The summed E-state index contributed by atoms with van der Waals surface area (Å²) in [5.41, 5.74) is 7.42. The third kappa shape index (κ3) is 2.82. The summed E-state index contributed by atoms with van der Waals surface area (Å²) in [6.45, 7) is 0.442. The van der Waals surface area contributed by atoms with Gasteiger partial charge in [0.25, 0.3) is 6.47 Å². The monoisotopic (exact) mass is 243 g/mol. The first-order valence-corrected chi connectivity index (χ1v) is 5.49. The van der Waals surface area contributed by atoms with Crippen LogP contribution in [0.5, 0.6) is 0 Å². The molecule has 1 aromatic heterocycles. The van der Waals surface area contributed by atoms with Gasteiger partial charge in [0, 0.05) is 18.2 Å². The van der Waals surface area contributed by atoms with Crippen LogP contribution in [0.4, 0.5) is 5.82 Å². The summed E-state index contributed by atoms with van der Waals surface area (Å²) in [6, 6.07) is 9.48. The summed E-state index contributed by atoms with van der Waals surface area (Å²) in [7, 11) is 0. The highest BCUT2D eigenvalue weighted by atomic mass is 16.5. The van der Waals surface area contributed by atoms with E-state index in [-0.39, 0.29) is 6.10 Å². The largest absolute Gasteiger partial charge is 0.459 e. The Balaban J connectivity index is 2.22. The second kappa shape index (κ2) is 5.77. The number of hydrogen-bond donors (Lipinski definition) is 1. The van der Waals surface area contributed by atoms with Gasteiger partial charge in [-0.1, -0.05) is 30.3 Å². The first-order chi connectivity index (χ1) is 8.81. The van der Waals surface area contributed by atoms with Crippen LogP contribution in [0.1, 0.15) is 17.2 Å². The van der Waals surface area contributed by atoms with Crippen LogP contribution in [0, 0.1) is 0 Å². The molecule has 1 unspecified atom stereocenters. The van der Waals surface area contributed by atoms with Crippen LogP contribution in [-0.4, -0.2) is 16.4 Å². The Labute approximate surface area is 105 Å². The minimum atomic E-state index is -0.378. The fourth-order valence-electron chi connectivity index (χ4n) is 1.70. The van der Waals surface area contributed by atoms with E-state index in [1.165, 1.54) is 6.33 Å². The molecule has 0 fully saturated rings. The van der Waals surface area contributed by atoms with Gasteiger partial charge in [0.05, 0.1) is 0 Å². The molecule has 0 amide bonds. The molecular weight excluding hydrogens is 230 g/mol. The number of nitrogen functional groups attached to an aromatic ring is 1. The average Bonchev–Trinajstić information content (AvgIpc) is 2.42. The number of nitrogens with two attached hydrogens (primary N) is 1. The SMILES string of the molecule is Nc1ncncc1CC(OC=O)c1ccccc1. The predicted octanol–water partition coefficient (Wildman–Crippen LogP) is 1.52. The maximum absolute atomic E-state index is 10.6. The van der Waals surface area contributed by atoms with Gasteiger partial charge in [0.15, 0.2) is 0 Å². The van der Waals surface area contributed by atoms with Crippen molar-refractivity contribution in [3.63, 3.8) is 0 Å². The molecule has 2 N–H and O–H groups in total. The lowest BCUT2D eigenvalue weighted by molar-refractivity contribution is -0.133. The van der Waals surface area contributed by atoms with Gasteiger partial charge in [-0.15, -0.1) is 0 Å². The van der Waals surface area contributed by atoms with E-state index >= 15 is 0 Å². The van der Waals surface area contributed by atoms with Crippen molar-refractivity contribution < 1.29 is 9.53 Å². The second-order valence-corrected chi connectivity index (χ2v) is 3.77. The zero-order valence-corrected chi connectivity index (χ0v) is 9.69. The molecule has 1 atom stereocenters. The molecule has 0 saturated carbocycles. The van der Waals surface area contributed by atoms with Crippen molar-refractivity contribution in [3.05, 3.63) is 54.0 Å². The highest BCUT2D eigenvalue weighted by molar-refractivity contribution is 5.41. The van der Waals surface area contributed by atoms with Crippen LogP contribution in [0.2, 0.25) is 0 Å². The Kier molecular flexibility index (Phi) is 3.86. The van der Waals surface area contributed by atoms with Crippen molar-refractivity contribution >= 4 is 12.3 Å². The van der Waals surface area contributed by atoms with Crippen LogP contribution < -0.4 is 5.73 Å². The third-order valence-electron chi connectivity index (χ3n) is 2.62. The molecule has 0 radical (unpaired) electrons. The molecular formula is C13H13N3O2. The fraction of sp³-hybridized carbons (Fsp3) is 0.154. The van der Waals surface area contributed by atoms with Gasteiger partial charge in [0.1, 0.15) is 18.2 Å². The summed E-state index contributed by atoms with van der Waals surface area (Å²) < 4.78 is 5.10. The Hall–Kier alpha value is -2.43. The Bertz CT molecular complexity index is 517. The van der Waals surface area contributed by atoms with E-state index < -0.39 is 0 Å². The van der Waals surface area contributed by atoms with Crippen molar-refractivity contribution in [1.82, 2.24) is 9.97 Å². The number of aromatic nitrogens is 2. The van der Waals surface area contributed by atoms with E-state index in [2.05, 4.69) is 9.97 Å². The zero-order chi connectivity index (χ0) is 12.8. The van der Waals surface area contributed by atoms with Crippen molar-refractivity contribution in [2.75, 3.05) is 5.73 Å². The van der Waals surface area contributed by atoms with Crippen LogP contribution in [0.15, 0.2) is 42.9 Å². The molecule has 0 aliphatic carbocycles. The summed E-state index contributed by atoms with van der Waals surface area (Å²) in [5.74, 6) is 0.403. The molecule has 1 aromatic carbocycles. The number of hydrogen-bond acceptors (Lipinski definition) is 5. The lowest BCUT2D eigenvalue weighted by Gasteiger charge is -2.15. The molecule has 0 spiro atoms. The number of ether oxygens (including phenoxy) is 1. The van der Waals surface area contributed by atoms with E-state index in [4.69, 9.17) is 10.5 Å². The molecule has 2 aromatic rings. The molecule has 5 heteroatoms. The Morgan fingerprint density at radius 3 is 2.78 bits per heavy atom. The summed E-state index contributed by atoms with van der Waals surface area (Å²) >= 11 is 0. The highest BCUT2D eigenvalue weighted by Gasteiger charge is 2.15. The second-order valence-electron chi connectivity index (χ2n) is 3.77. The van der Waals surface area contributed by atoms with Crippen LogP contribution in [0.25, 0.3) is 0 Å². The number of anilines is 1. The number of benzene rings is 1. The highest BCUT2D eigenvalue weighted by Crippen LogP contribution is 2.22. The molecule has 0 aliphatic heterocycles. The molecule has 1 heterocycles. The van der Waals surface area contributed by atoms with E-state index in [9.17, 15) is 4.79 Å². The van der Waals surface area contributed by atoms with Gasteiger partial charge in [-0.2, -0.15) is 0 Å². The summed E-state index contributed by atoms with van der Waals surface area (Å²) in [4.78, 5) is 18.4. The van der Waals surface area contributed by atoms with Gasteiger partial charge in [0.2, 0.25) is 0 Å². The predicted molar refractivity (Wildman–Crippen MR) is 66.5 cm³/mol. The normalized spacial score (nSPS) is 11.8. The van der Waals surface area contributed by atoms with Gasteiger partial charge >= 0.3 is 0 Å².